The Bertz CT molecular complexity index is 375. The molecular formula is C8H7ClF3NO2. The van der Waals surface area contributed by atoms with Gasteiger partial charge in [0, 0.05) is 12.1 Å². The molecule has 3 nitrogen and oxygen atoms in total. The van der Waals surface area contributed by atoms with Crippen molar-refractivity contribution in [1.82, 2.24) is 0 Å². The molecule has 0 radical (unpaired) electrons. The van der Waals surface area contributed by atoms with E-state index in [-0.39, 0.29) is 23.9 Å². The first-order valence-electron chi connectivity index (χ1n) is 3.82. The third-order valence-corrected chi connectivity index (χ3v) is 1.75. The molecule has 1 aliphatic rings. The van der Waals surface area contributed by atoms with E-state index in [0.29, 0.717) is 5.69 Å². The van der Waals surface area contributed by atoms with Crippen LogP contribution in [0.25, 0.3) is 0 Å². The van der Waals surface area contributed by atoms with Gasteiger partial charge in [0.1, 0.15) is 5.69 Å². The molecular weight excluding hydrogens is 235 g/mol. The fourth-order valence-electron chi connectivity index (χ4n) is 1.10. The highest BCUT2D eigenvalue weighted by atomic mass is 35.5. The summed E-state index contributed by atoms with van der Waals surface area (Å²) in [5.74, 6) is -0.243. The minimum atomic E-state index is -3.93. The Hall–Kier alpha value is -1.14. The number of fused-ring (bicyclic) bond motifs is 1. The van der Waals surface area contributed by atoms with E-state index in [4.69, 9.17) is 0 Å². The van der Waals surface area contributed by atoms with Gasteiger partial charge in [-0.05, 0) is 6.07 Å². The number of benzene rings is 1. The molecule has 0 aromatic heterocycles. The van der Waals surface area contributed by atoms with Gasteiger partial charge in [-0.15, -0.1) is 0 Å². The molecule has 15 heavy (non-hydrogen) atoms. The second-order valence-corrected chi connectivity index (χ2v) is 2.88. The van der Waals surface area contributed by atoms with Crippen LogP contribution in [0.4, 0.5) is 18.9 Å². The summed E-state index contributed by atoms with van der Waals surface area (Å²) in [5, 5.41) is 0. The van der Waals surface area contributed by atoms with Gasteiger partial charge in [-0.25, -0.2) is 0 Å². The minimum Gasteiger partial charge on any atom is -1.00 e. The lowest BCUT2D eigenvalue weighted by Gasteiger charge is -2.28. The molecule has 1 aliphatic heterocycles. The fraction of sp³-hybridized carbons (Fsp3) is 0.250. The van der Waals surface area contributed by atoms with Crippen molar-refractivity contribution in [3.05, 3.63) is 18.2 Å². The molecule has 1 aromatic carbocycles. The van der Waals surface area contributed by atoms with Gasteiger partial charge in [-0.3, -0.25) is 0 Å². The van der Waals surface area contributed by atoms with Crippen molar-refractivity contribution >= 4 is 5.69 Å². The van der Waals surface area contributed by atoms with E-state index in [2.05, 4.69) is 15.2 Å². The van der Waals surface area contributed by atoms with Gasteiger partial charge in [-0.2, -0.15) is 13.2 Å². The molecule has 0 bridgehead atoms. The van der Waals surface area contributed by atoms with Gasteiger partial charge in [0.15, 0.2) is 11.5 Å². The van der Waals surface area contributed by atoms with E-state index in [0.717, 1.165) is 0 Å². The summed E-state index contributed by atoms with van der Waals surface area (Å²) in [4.78, 5) is 0. The highest BCUT2D eigenvalue weighted by Gasteiger charge is 2.49. The summed E-state index contributed by atoms with van der Waals surface area (Å²) in [6, 6.07) is 4.06. The lowest BCUT2D eigenvalue weighted by molar-refractivity contribution is -0.283. The first-order chi connectivity index (χ1) is 6.49. The van der Waals surface area contributed by atoms with Crippen molar-refractivity contribution in [2.75, 3.05) is 0 Å². The zero-order valence-corrected chi connectivity index (χ0v) is 8.10. The Morgan fingerprint density at radius 2 is 1.93 bits per heavy atom. The summed E-state index contributed by atoms with van der Waals surface area (Å²) >= 11 is 0. The van der Waals surface area contributed by atoms with E-state index >= 15 is 0 Å². The van der Waals surface area contributed by atoms with Crippen LogP contribution >= 0.6 is 0 Å². The number of halogens is 4. The normalized spacial score (nSPS) is 21.7. The van der Waals surface area contributed by atoms with Crippen LogP contribution in [0.15, 0.2) is 18.2 Å². The van der Waals surface area contributed by atoms with Gasteiger partial charge < -0.3 is 27.6 Å². The second kappa shape index (κ2) is 3.79. The predicted molar refractivity (Wildman–Crippen MR) is 40.1 cm³/mol. The number of hydrogen-bond donors (Lipinski definition) is 1. The van der Waals surface area contributed by atoms with E-state index in [1.807, 2.05) is 0 Å². The van der Waals surface area contributed by atoms with E-state index in [1.54, 1.807) is 0 Å². The molecule has 1 aromatic rings. The second-order valence-electron chi connectivity index (χ2n) is 2.88. The Balaban J connectivity index is 0.00000112. The number of hydrogen-bond acceptors (Lipinski definition) is 2. The zero-order chi connectivity index (χ0) is 10.3. The summed E-state index contributed by atoms with van der Waals surface area (Å²) < 4.78 is 46.4. The van der Waals surface area contributed by atoms with Gasteiger partial charge in [0.2, 0.25) is 0 Å². The molecule has 2 rings (SSSR count). The maximum Gasteiger partial charge on any atom is 0.468 e. The summed E-state index contributed by atoms with van der Waals surface area (Å²) in [6.45, 7) is 0. The van der Waals surface area contributed by atoms with Crippen molar-refractivity contribution in [2.24, 2.45) is 0 Å². The average Bonchev–Trinajstić information content (AvgIpc) is 2.08. The molecule has 84 valence electrons. The van der Waals surface area contributed by atoms with E-state index in [1.165, 1.54) is 18.2 Å². The largest absolute Gasteiger partial charge is 1.00 e. The number of rotatable bonds is 0. The molecule has 0 spiro atoms. The molecule has 3 N–H and O–H groups in total. The Morgan fingerprint density at radius 3 is 2.60 bits per heavy atom. The summed E-state index contributed by atoms with van der Waals surface area (Å²) in [7, 11) is 0. The minimum absolute atomic E-state index is 0. The van der Waals surface area contributed by atoms with Gasteiger partial charge in [0.05, 0.1) is 0 Å². The fourth-order valence-corrected chi connectivity index (χ4v) is 1.10. The molecule has 7 heteroatoms. The Morgan fingerprint density at radius 1 is 1.27 bits per heavy atom. The van der Waals surface area contributed by atoms with Gasteiger partial charge in [0.25, 0.3) is 0 Å². The van der Waals surface area contributed by atoms with Crippen LogP contribution in [0.3, 0.4) is 0 Å². The van der Waals surface area contributed by atoms with Crippen LogP contribution in [-0.2, 0) is 0 Å². The number of ether oxygens (including phenoxy) is 2. The lowest BCUT2D eigenvalue weighted by Crippen LogP contribution is -3.00. The van der Waals surface area contributed by atoms with Crippen LogP contribution in [-0.4, -0.2) is 12.5 Å². The Kier molecular flexibility index (Phi) is 3.01. The summed E-state index contributed by atoms with van der Waals surface area (Å²) in [5.41, 5.74) is 4.08. The van der Waals surface area contributed by atoms with Crippen molar-refractivity contribution in [3.63, 3.8) is 0 Å². The smallest absolute Gasteiger partial charge is 0.468 e. The average molecular weight is 242 g/mol. The first-order valence-corrected chi connectivity index (χ1v) is 3.82. The van der Waals surface area contributed by atoms with Gasteiger partial charge in [-0.1, -0.05) is 0 Å². The van der Waals surface area contributed by atoms with Gasteiger partial charge >= 0.3 is 12.5 Å². The predicted octanol–water partition coefficient (Wildman–Crippen LogP) is -1.78. The van der Waals surface area contributed by atoms with Crippen LogP contribution in [0.2, 0.25) is 0 Å². The van der Waals surface area contributed by atoms with Crippen LogP contribution in [0, 0.1) is 0 Å². The standard InChI is InChI=1S/C8H6F3NO2.ClH/c9-7-8(10,11)14-5-2-1-4(12)3-6(5)13-7;/h1-3,7H,12H2;1H. The highest BCUT2D eigenvalue weighted by Crippen LogP contribution is 2.40. The molecule has 0 saturated carbocycles. The highest BCUT2D eigenvalue weighted by molar-refractivity contribution is 5.48. The maximum atomic E-state index is 12.7. The molecule has 1 unspecified atom stereocenters. The van der Waals surface area contributed by atoms with Crippen molar-refractivity contribution in [2.45, 2.75) is 12.5 Å². The zero-order valence-electron chi connectivity index (χ0n) is 7.34. The third kappa shape index (κ3) is 2.10. The molecule has 0 amide bonds. The topological polar surface area (TPSA) is 46.1 Å². The molecule has 1 heterocycles. The van der Waals surface area contributed by atoms with Crippen molar-refractivity contribution in [1.29, 1.82) is 0 Å². The number of alkyl halides is 3. The monoisotopic (exact) mass is 241 g/mol. The van der Waals surface area contributed by atoms with Crippen molar-refractivity contribution < 1.29 is 40.8 Å². The molecule has 1 atom stereocenters. The molecule has 0 aliphatic carbocycles. The molecule has 0 saturated heterocycles. The van der Waals surface area contributed by atoms with E-state index < -0.39 is 12.5 Å². The SMILES string of the molecule is [Cl-].[NH3+]c1ccc2c(c1)OC(F)C(F)(F)O2. The summed E-state index contributed by atoms with van der Waals surface area (Å²) in [6.07, 6.45) is -6.72. The van der Waals surface area contributed by atoms with Crippen LogP contribution in [0.5, 0.6) is 11.5 Å². The first kappa shape index (κ1) is 11.9. The van der Waals surface area contributed by atoms with E-state index in [9.17, 15) is 13.2 Å². The lowest BCUT2D eigenvalue weighted by atomic mass is 10.2. The number of quaternary nitrogens is 1. The van der Waals surface area contributed by atoms with Crippen molar-refractivity contribution in [3.8, 4) is 11.5 Å². The maximum absolute atomic E-state index is 12.7. The Labute approximate surface area is 89.4 Å². The quantitative estimate of drug-likeness (QED) is 0.584. The third-order valence-electron chi connectivity index (χ3n) is 1.75. The van der Waals surface area contributed by atoms with Crippen LogP contribution < -0.4 is 27.6 Å². The van der Waals surface area contributed by atoms with Crippen LogP contribution in [0.1, 0.15) is 0 Å². The molecule has 0 fully saturated rings.